The summed E-state index contributed by atoms with van der Waals surface area (Å²) < 4.78 is 13.5. The molecule has 2 aliphatic heterocycles. The molecule has 6 heteroatoms. The van der Waals surface area contributed by atoms with Crippen molar-refractivity contribution in [1.29, 1.82) is 0 Å². The number of likely N-dealkylation sites (tertiary alicyclic amines) is 1. The number of amides is 2. The summed E-state index contributed by atoms with van der Waals surface area (Å²) in [7, 11) is 0. The van der Waals surface area contributed by atoms with Crippen molar-refractivity contribution in [3.63, 3.8) is 0 Å². The third kappa shape index (κ3) is 4.54. The normalized spacial score (nSPS) is 23.4. The second-order valence-electron chi connectivity index (χ2n) is 9.07. The largest absolute Gasteiger partial charge is 0.332 e. The standard InChI is InChI=1S/C22H32FN3O2/c1-16(2)26-20(27)14-25(15-22(26,3)4)21(28)18-8-6-10-24(13-18)12-17-7-5-9-19(23)11-17/h5,7,9,11,16,18H,6,8,10,12-15H2,1-4H3. The highest BCUT2D eigenvalue weighted by Gasteiger charge is 2.43. The number of hydrogen-bond donors (Lipinski definition) is 0. The van der Waals surface area contributed by atoms with Gasteiger partial charge in [0.05, 0.1) is 18.0 Å². The van der Waals surface area contributed by atoms with Gasteiger partial charge in [0.25, 0.3) is 0 Å². The Kier molecular flexibility index (Phi) is 6.08. The molecular formula is C22H32FN3O2. The Morgan fingerprint density at radius 3 is 2.71 bits per heavy atom. The second-order valence-corrected chi connectivity index (χ2v) is 9.07. The predicted molar refractivity (Wildman–Crippen MR) is 107 cm³/mol. The fourth-order valence-electron chi connectivity index (χ4n) is 4.87. The van der Waals surface area contributed by atoms with Crippen molar-refractivity contribution in [1.82, 2.24) is 14.7 Å². The topological polar surface area (TPSA) is 43.9 Å². The summed E-state index contributed by atoms with van der Waals surface area (Å²) >= 11 is 0. The molecule has 2 fully saturated rings. The second kappa shape index (κ2) is 8.19. The first-order valence-corrected chi connectivity index (χ1v) is 10.2. The maximum atomic E-state index is 13.5. The smallest absolute Gasteiger partial charge is 0.242 e. The van der Waals surface area contributed by atoms with E-state index in [0.717, 1.165) is 24.9 Å². The molecule has 2 amide bonds. The number of carbonyl (C=O) groups excluding carboxylic acids is 2. The Morgan fingerprint density at radius 1 is 1.32 bits per heavy atom. The Bertz CT molecular complexity index is 734. The molecule has 0 radical (unpaired) electrons. The summed E-state index contributed by atoms with van der Waals surface area (Å²) in [6.07, 6.45) is 1.78. The van der Waals surface area contributed by atoms with Crippen LogP contribution in [0.3, 0.4) is 0 Å². The zero-order valence-corrected chi connectivity index (χ0v) is 17.4. The number of halogens is 1. The van der Waals surface area contributed by atoms with Crippen molar-refractivity contribution in [3.8, 4) is 0 Å². The van der Waals surface area contributed by atoms with Crippen LogP contribution in [-0.4, -0.2) is 64.3 Å². The lowest BCUT2D eigenvalue weighted by molar-refractivity contribution is -0.158. The minimum atomic E-state index is -0.366. The zero-order valence-electron chi connectivity index (χ0n) is 17.4. The summed E-state index contributed by atoms with van der Waals surface area (Å²) in [5.41, 5.74) is 0.560. The molecule has 0 N–H and O–H groups in total. The molecule has 2 heterocycles. The van der Waals surface area contributed by atoms with Crippen LogP contribution in [0.2, 0.25) is 0 Å². The predicted octanol–water partition coefficient (Wildman–Crippen LogP) is 2.90. The van der Waals surface area contributed by atoms with Gasteiger partial charge in [-0.05, 0) is 64.8 Å². The molecule has 1 unspecified atom stereocenters. The Hall–Kier alpha value is -1.95. The quantitative estimate of drug-likeness (QED) is 0.795. The molecule has 1 aromatic rings. The fraction of sp³-hybridized carbons (Fsp3) is 0.636. The van der Waals surface area contributed by atoms with Crippen molar-refractivity contribution < 1.29 is 14.0 Å². The average molecular weight is 390 g/mol. The van der Waals surface area contributed by atoms with E-state index in [4.69, 9.17) is 0 Å². The van der Waals surface area contributed by atoms with E-state index in [1.807, 2.05) is 38.7 Å². The minimum Gasteiger partial charge on any atom is -0.332 e. The molecule has 2 aliphatic rings. The van der Waals surface area contributed by atoms with Crippen LogP contribution in [0.4, 0.5) is 4.39 Å². The van der Waals surface area contributed by atoms with Gasteiger partial charge in [0.1, 0.15) is 5.82 Å². The van der Waals surface area contributed by atoms with Gasteiger partial charge in [0.15, 0.2) is 0 Å². The first-order chi connectivity index (χ1) is 13.2. The number of hydrogen-bond acceptors (Lipinski definition) is 3. The molecule has 1 aromatic carbocycles. The summed E-state index contributed by atoms with van der Waals surface area (Å²) in [5.74, 6) is -0.233. The van der Waals surface area contributed by atoms with Crippen LogP contribution in [-0.2, 0) is 16.1 Å². The zero-order chi connectivity index (χ0) is 20.5. The Morgan fingerprint density at radius 2 is 2.07 bits per heavy atom. The lowest BCUT2D eigenvalue weighted by Crippen LogP contribution is -2.65. The van der Waals surface area contributed by atoms with E-state index in [1.54, 1.807) is 17.0 Å². The van der Waals surface area contributed by atoms with Gasteiger partial charge in [0.2, 0.25) is 11.8 Å². The molecule has 0 aliphatic carbocycles. The van der Waals surface area contributed by atoms with Gasteiger partial charge in [0, 0.05) is 25.7 Å². The molecule has 5 nitrogen and oxygen atoms in total. The molecule has 0 spiro atoms. The summed E-state index contributed by atoms with van der Waals surface area (Å²) in [6, 6.07) is 6.76. The van der Waals surface area contributed by atoms with Gasteiger partial charge in [-0.15, -0.1) is 0 Å². The van der Waals surface area contributed by atoms with Crippen LogP contribution in [0.25, 0.3) is 0 Å². The molecule has 1 atom stereocenters. The summed E-state index contributed by atoms with van der Waals surface area (Å²) in [6.45, 7) is 11.0. The fourth-order valence-corrected chi connectivity index (χ4v) is 4.87. The van der Waals surface area contributed by atoms with Crippen molar-refractivity contribution >= 4 is 11.8 Å². The van der Waals surface area contributed by atoms with Crippen molar-refractivity contribution in [3.05, 3.63) is 35.6 Å². The molecule has 28 heavy (non-hydrogen) atoms. The Balaban J connectivity index is 1.64. The first kappa shape index (κ1) is 20.8. The van der Waals surface area contributed by atoms with E-state index in [-0.39, 0.29) is 41.7 Å². The number of benzene rings is 1. The minimum absolute atomic E-state index is 0.0204. The molecule has 3 rings (SSSR count). The van der Waals surface area contributed by atoms with Crippen LogP contribution < -0.4 is 0 Å². The third-order valence-corrected chi connectivity index (χ3v) is 5.80. The van der Waals surface area contributed by atoms with Gasteiger partial charge in [-0.3, -0.25) is 14.5 Å². The monoisotopic (exact) mass is 389 g/mol. The average Bonchev–Trinajstić information content (AvgIpc) is 2.59. The van der Waals surface area contributed by atoms with Crippen LogP contribution in [0, 0.1) is 11.7 Å². The number of nitrogens with zero attached hydrogens (tertiary/aromatic N) is 3. The van der Waals surface area contributed by atoms with Crippen LogP contribution >= 0.6 is 0 Å². The summed E-state index contributed by atoms with van der Waals surface area (Å²) in [4.78, 5) is 31.7. The van der Waals surface area contributed by atoms with Gasteiger partial charge in [-0.1, -0.05) is 12.1 Å². The van der Waals surface area contributed by atoms with Gasteiger partial charge in [-0.25, -0.2) is 4.39 Å². The van der Waals surface area contributed by atoms with Gasteiger partial charge in [-0.2, -0.15) is 0 Å². The lowest BCUT2D eigenvalue weighted by Gasteiger charge is -2.49. The maximum Gasteiger partial charge on any atom is 0.242 e. The first-order valence-electron chi connectivity index (χ1n) is 10.2. The molecule has 0 bridgehead atoms. The lowest BCUT2D eigenvalue weighted by atomic mass is 9.92. The number of piperidine rings is 1. The number of carbonyl (C=O) groups is 2. The molecular weight excluding hydrogens is 357 g/mol. The summed E-state index contributed by atoms with van der Waals surface area (Å²) in [5, 5.41) is 0. The van der Waals surface area contributed by atoms with Crippen LogP contribution in [0.1, 0.15) is 46.1 Å². The van der Waals surface area contributed by atoms with E-state index in [2.05, 4.69) is 4.90 Å². The van der Waals surface area contributed by atoms with Gasteiger partial charge < -0.3 is 9.80 Å². The molecule has 0 aromatic heterocycles. The third-order valence-electron chi connectivity index (χ3n) is 5.80. The van der Waals surface area contributed by atoms with Crippen molar-refractivity contribution in [2.24, 2.45) is 5.92 Å². The molecule has 2 saturated heterocycles. The SMILES string of the molecule is CC(C)N1C(=O)CN(C(=O)C2CCCN(Cc3cccc(F)c3)C2)CC1(C)C. The van der Waals surface area contributed by atoms with Crippen LogP contribution in [0.5, 0.6) is 0 Å². The van der Waals surface area contributed by atoms with Crippen LogP contribution in [0.15, 0.2) is 24.3 Å². The molecule has 154 valence electrons. The van der Waals surface area contributed by atoms with Gasteiger partial charge >= 0.3 is 0 Å². The van der Waals surface area contributed by atoms with E-state index in [0.29, 0.717) is 19.6 Å². The molecule has 0 saturated carbocycles. The van der Waals surface area contributed by atoms with E-state index < -0.39 is 0 Å². The highest BCUT2D eigenvalue weighted by Crippen LogP contribution is 2.27. The van der Waals surface area contributed by atoms with Crippen molar-refractivity contribution in [2.75, 3.05) is 26.2 Å². The van der Waals surface area contributed by atoms with Crippen molar-refractivity contribution in [2.45, 2.75) is 58.7 Å². The van der Waals surface area contributed by atoms with E-state index in [1.165, 1.54) is 6.07 Å². The highest BCUT2D eigenvalue weighted by molar-refractivity contribution is 5.88. The number of piperazine rings is 1. The van der Waals surface area contributed by atoms with E-state index >= 15 is 0 Å². The number of rotatable bonds is 4. The Labute approximate surface area is 167 Å². The highest BCUT2D eigenvalue weighted by atomic mass is 19.1. The van der Waals surface area contributed by atoms with E-state index in [9.17, 15) is 14.0 Å². The maximum absolute atomic E-state index is 13.5.